The summed E-state index contributed by atoms with van der Waals surface area (Å²) >= 11 is 0. The Hall–Kier alpha value is -2.91. The summed E-state index contributed by atoms with van der Waals surface area (Å²) in [6, 6.07) is 4.97. The molecule has 2 aliphatic rings. The lowest BCUT2D eigenvalue weighted by molar-refractivity contribution is -0.138. The predicted molar refractivity (Wildman–Crippen MR) is 108 cm³/mol. The molecule has 2 N–H and O–H groups in total. The number of rotatable bonds is 11. The highest BCUT2D eigenvalue weighted by atomic mass is 16.5. The van der Waals surface area contributed by atoms with E-state index in [4.69, 9.17) is 14.6 Å². The molecule has 1 aromatic carbocycles. The molecular formula is C22H25NO8. The highest BCUT2D eigenvalue weighted by molar-refractivity contribution is 6.30. The number of fused-ring (bicyclic) bond motifs is 1. The number of anilines is 1. The van der Waals surface area contributed by atoms with Crippen molar-refractivity contribution in [1.29, 1.82) is 0 Å². The van der Waals surface area contributed by atoms with Crippen molar-refractivity contribution >= 4 is 34.8 Å². The Bertz CT molecular complexity index is 893. The molecule has 9 nitrogen and oxygen atoms in total. The maximum absolute atomic E-state index is 13.1. The van der Waals surface area contributed by atoms with Gasteiger partial charge in [0.25, 0.3) is 0 Å². The van der Waals surface area contributed by atoms with Crippen molar-refractivity contribution in [3.05, 3.63) is 29.3 Å². The van der Waals surface area contributed by atoms with E-state index in [9.17, 15) is 24.0 Å². The number of hydrogen-bond donors (Lipinski definition) is 2. The minimum absolute atomic E-state index is 0.0584. The second-order valence-corrected chi connectivity index (χ2v) is 7.56. The topological polar surface area (TPSA) is 136 Å². The van der Waals surface area contributed by atoms with Crippen molar-refractivity contribution < 1.29 is 38.6 Å². The van der Waals surface area contributed by atoms with Crippen LogP contribution in [0.3, 0.4) is 0 Å². The van der Waals surface area contributed by atoms with E-state index in [1.165, 1.54) is 0 Å². The standard InChI is InChI=1S/C22H25NO8/c24-13-4-5-14(17(25)12-13)20-21(28)15-2-1-3-16(19(15)22(20)29)23-7-9-31-11-10-30-8-6-18(26)27/h1-3,14,20,23H,4-12H2,(H,26,27). The SMILES string of the molecule is O=C(O)CCOCCOCCNc1cccc2c1C(=O)C(C1CCC(=O)CC1=O)C2=O. The maximum Gasteiger partial charge on any atom is 0.305 e. The minimum atomic E-state index is -1.04. The zero-order chi connectivity index (χ0) is 22.4. The molecule has 3 rings (SSSR count). The predicted octanol–water partition coefficient (Wildman–Crippen LogP) is 1.54. The number of aliphatic carboxylic acids is 1. The third kappa shape index (κ3) is 5.42. The van der Waals surface area contributed by atoms with E-state index in [0.717, 1.165) is 0 Å². The number of carboxylic acid groups (broad SMARTS) is 1. The highest BCUT2D eigenvalue weighted by Crippen LogP contribution is 2.39. The fourth-order valence-electron chi connectivity index (χ4n) is 3.96. The second-order valence-electron chi connectivity index (χ2n) is 7.56. The van der Waals surface area contributed by atoms with Gasteiger partial charge < -0.3 is 19.9 Å². The van der Waals surface area contributed by atoms with Gasteiger partial charge in [-0.2, -0.15) is 0 Å². The van der Waals surface area contributed by atoms with Gasteiger partial charge in [-0.1, -0.05) is 12.1 Å². The van der Waals surface area contributed by atoms with Gasteiger partial charge in [0.2, 0.25) is 0 Å². The first-order valence-electron chi connectivity index (χ1n) is 10.3. The van der Waals surface area contributed by atoms with Crippen LogP contribution in [0.1, 0.15) is 46.4 Å². The molecule has 0 spiro atoms. The van der Waals surface area contributed by atoms with E-state index in [1.807, 2.05) is 0 Å². The number of ketones is 4. The first-order valence-corrected chi connectivity index (χ1v) is 10.3. The largest absolute Gasteiger partial charge is 0.481 e. The molecule has 0 amide bonds. The minimum Gasteiger partial charge on any atom is -0.481 e. The quantitative estimate of drug-likeness (QED) is 0.395. The van der Waals surface area contributed by atoms with E-state index in [1.54, 1.807) is 18.2 Å². The van der Waals surface area contributed by atoms with Gasteiger partial charge in [0.15, 0.2) is 11.6 Å². The van der Waals surface area contributed by atoms with Crippen molar-refractivity contribution in [2.24, 2.45) is 11.8 Å². The first kappa shape index (κ1) is 22.8. The summed E-state index contributed by atoms with van der Waals surface area (Å²) in [6.07, 6.45) is 0.183. The molecule has 0 aromatic heterocycles. The van der Waals surface area contributed by atoms with Crippen LogP contribution < -0.4 is 5.32 Å². The van der Waals surface area contributed by atoms with Gasteiger partial charge in [-0.3, -0.25) is 24.0 Å². The van der Waals surface area contributed by atoms with E-state index >= 15 is 0 Å². The summed E-state index contributed by atoms with van der Waals surface area (Å²) in [7, 11) is 0. The second kappa shape index (κ2) is 10.4. The Balaban J connectivity index is 1.53. The van der Waals surface area contributed by atoms with Crippen LogP contribution in [0, 0.1) is 11.8 Å². The van der Waals surface area contributed by atoms with Gasteiger partial charge in [-0.15, -0.1) is 0 Å². The number of Topliss-reactive ketones (excluding diaryl/α,β-unsaturated/α-hetero) is 4. The Kier molecular flexibility index (Phi) is 7.64. The van der Waals surface area contributed by atoms with Crippen molar-refractivity contribution in [2.45, 2.75) is 25.7 Å². The molecule has 1 aromatic rings. The zero-order valence-electron chi connectivity index (χ0n) is 17.1. The fraction of sp³-hybridized carbons (Fsp3) is 0.500. The van der Waals surface area contributed by atoms with E-state index in [-0.39, 0.29) is 62.0 Å². The Morgan fingerprint density at radius 2 is 1.77 bits per heavy atom. The monoisotopic (exact) mass is 431 g/mol. The van der Waals surface area contributed by atoms with Crippen LogP contribution in [-0.4, -0.2) is 67.2 Å². The molecule has 2 atom stereocenters. The molecule has 1 fully saturated rings. The lowest BCUT2D eigenvalue weighted by atomic mass is 9.76. The average molecular weight is 431 g/mol. The third-order valence-corrected chi connectivity index (χ3v) is 5.46. The van der Waals surface area contributed by atoms with E-state index in [2.05, 4.69) is 5.32 Å². The van der Waals surface area contributed by atoms with E-state index < -0.39 is 17.8 Å². The number of carboxylic acids is 1. The summed E-state index contributed by atoms with van der Waals surface area (Å²) in [6.45, 7) is 1.41. The summed E-state index contributed by atoms with van der Waals surface area (Å²) in [5.41, 5.74) is 1.11. The van der Waals surface area contributed by atoms with Gasteiger partial charge >= 0.3 is 5.97 Å². The van der Waals surface area contributed by atoms with Crippen molar-refractivity contribution in [3.63, 3.8) is 0 Å². The van der Waals surface area contributed by atoms with Crippen LogP contribution in [-0.2, 0) is 23.9 Å². The first-order chi connectivity index (χ1) is 14.9. The molecule has 0 aliphatic heterocycles. The van der Waals surface area contributed by atoms with Gasteiger partial charge in [0, 0.05) is 30.1 Å². The van der Waals surface area contributed by atoms with Gasteiger partial charge in [-0.25, -0.2) is 0 Å². The molecule has 31 heavy (non-hydrogen) atoms. The van der Waals surface area contributed by atoms with Gasteiger partial charge in [0.1, 0.15) is 11.6 Å². The average Bonchev–Trinajstić information content (AvgIpc) is 2.98. The number of hydrogen-bond acceptors (Lipinski definition) is 8. The van der Waals surface area contributed by atoms with E-state index in [0.29, 0.717) is 36.6 Å². The third-order valence-electron chi connectivity index (χ3n) is 5.46. The molecule has 0 bridgehead atoms. The molecule has 1 saturated carbocycles. The summed E-state index contributed by atoms with van der Waals surface area (Å²) in [5.74, 6) is -3.90. The number of benzene rings is 1. The summed E-state index contributed by atoms with van der Waals surface area (Å²) in [5, 5.41) is 11.6. The molecule has 0 heterocycles. The van der Waals surface area contributed by atoms with Crippen LogP contribution in [0.2, 0.25) is 0 Å². The van der Waals surface area contributed by atoms with Gasteiger partial charge in [-0.05, 0) is 12.5 Å². The number of nitrogens with one attached hydrogen (secondary N) is 1. The van der Waals surface area contributed by atoms with Crippen LogP contribution >= 0.6 is 0 Å². The maximum atomic E-state index is 13.1. The lowest BCUT2D eigenvalue weighted by Gasteiger charge is -2.23. The molecular weight excluding hydrogens is 406 g/mol. The lowest BCUT2D eigenvalue weighted by Crippen LogP contribution is -2.36. The fourth-order valence-corrected chi connectivity index (χ4v) is 3.96. The molecule has 2 unspecified atom stereocenters. The molecule has 9 heteroatoms. The molecule has 166 valence electrons. The van der Waals surface area contributed by atoms with Crippen molar-refractivity contribution in [3.8, 4) is 0 Å². The van der Waals surface area contributed by atoms with Crippen LogP contribution in [0.25, 0.3) is 0 Å². The van der Waals surface area contributed by atoms with Crippen LogP contribution in [0.15, 0.2) is 18.2 Å². The van der Waals surface area contributed by atoms with Crippen molar-refractivity contribution in [1.82, 2.24) is 0 Å². The number of carbonyl (C=O) groups excluding carboxylic acids is 4. The van der Waals surface area contributed by atoms with Gasteiger partial charge in [0.05, 0.1) is 50.8 Å². The number of carbonyl (C=O) groups is 5. The Labute approximate surface area is 179 Å². The summed E-state index contributed by atoms with van der Waals surface area (Å²) in [4.78, 5) is 60.1. The molecule has 0 radical (unpaired) electrons. The Morgan fingerprint density at radius 3 is 2.48 bits per heavy atom. The normalized spacial score (nSPS) is 20.8. The summed E-state index contributed by atoms with van der Waals surface area (Å²) < 4.78 is 10.5. The number of ether oxygens (including phenoxy) is 2. The zero-order valence-corrected chi connectivity index (χ0v) is 17.1. The molecule has 2 aliphatic carbocycles. The van der Waals surface area contributed by atoms with Crippen LogP contribution in [0.5, 0.6) is 0 Å². The Morgan fingerprint density at radius 1 is 1.03 bits per heavy atom. The highest BCUT2D eigenvalue weighted by Gasteiger charge is 2.48. The van der Waals surface area contributed by atoms with Crippen LogP contribution in [0.4, 0.5) is 5.69 Å². The molecule has 0 saturated heterocycles. The van der Waals surface area contributed by atoms with Crippen molar-refractivity contribution in [2.75, 3.05) is 38.3 Å². The smallest absolute Gasteiger partial charge is 0.305 e.